The van der Waals surface area contributed by atoms with Crippen LogP contribution in [0.25, 0.3) is 10.9 Å². The van der Waals surface area contributed by atoms with Gasteiger partial charge in [-0.05, 0) is 74.2 Å². The van der Waals surface area contributed by atoms with Crippen molar-refractivity contribution in [3.05, 3.63) is 106 Å². The molecule has 3 aromatic carbocycles. The lowest BCUT2D eigenvalue weighted by atomic mass is 9.88. The smallest absolute Gasteiger partial charge is 0.282 e. The lowest BCUT2D eigenvalue weighted by Gasteiger charge is -2.22. The molecule has 5 rings (SSSR count). The molecule has 4 aromatic rings. The highest BCUT2D eigenvalue weighted by atomic mass is 19.1. The van der Waals surface area contributed by atoms with Gasteiger partial charge in [-0.1, -0.05) is 43.5 Å². The number of nitrogens with zero attached hydrogens (tertiary/aromatic N) is 3. The Morgan fingerprint density at radius 3 is 2.70 bits per heavy atom. The van der Waals surface area contributed by atoms with Gasteiger partial charge in [-0.3, -0.25) is 9.59 Å². The van der Waals surface area contributed by atoms with Crippen molar-refractivity contribution in [1.82, 2.24) is 9.66 Å². The van der Waals surface area contributed by atoms with Crippen LogP contribution in [0.3, 0.4) is 0 Å². The molecule has 222 valence electrons. The van der Waals surface area contributed by atoms with E-state index in [-0.39, 0.29) is 18.1 Å². The van der Waals surface area contributed by atoms with Crippen LogP contribution >= 0.6 is 0 Å². The molecule has 1 fully saturated rings. The molecule has 1 saturated carbocycles. The molecule has 8 nitrogen and oxygen atoms in total. The third-order valence-corrected chi connectivity index (χ3v) is 7.35. The minimum atomic E-state index is -0.449. The lowest BCUT2D eigenvalue weighted by molar-refractivity contribution is -0.118. The Kier molecular flexibility index (Phi) is 9.61. The normalized spacial score (nSPS) is 13.7. The first-order valence-electron chi connectivity index (χ1n) is 14.6. The van der Waals surface area contributed by atoms with E-state index in [1.807, 2.05) is 31.2 Å². The summed E-state index contributed by atoms with van der Waals surface area (Å²) in [5, 5.41) is 7.81. The van der Waals surface area contributed by atoms with Gasteiger partial charge in [0.15, 0.2) is 18.1 Å². The first-order chi connectivity index (χ1) is 21.0. The molecule has 1 aliphatic rings. The summed E-state index contributed by atoms with van der Waals surface area (Å²) in [6.45, 7) is 5.77. The summed E-state index contributed by atoms with van der Waals surface area (Å²) in [5.74, 6) is 0.782. The predicted octanol–water partition coefficient (Wildman–Crippen LogP) is 6.61. The maximum absolute atomic E-state index is 13.6. The molecule has 1 N–H and O–H groups in total. The second kappa shape index (κ2) is 13.9. The molecule has 0 saturated heterocycles. The maximum atomic E-state index is 13.6. The number of amides is 1. The van der Waals surface area contributed by atoms with Crippen LogP contribution in [0.4, 0.5) is 10.1 Å². The van der Waals surface area contributed by atoms with Gasteiger partial charge in [0.1, 0.15) is 11.6 Å². The highest BCUT2D eigenvalue weighted by molar-refractivity contribution is 5.92. The fraction of sp³-hybridized carbons (Fsp3) is 0.294. The number of ether oxygens (including phenoxy) is 2. The first-order valence-corrected chi connectivity index (χ1v) is 14.6. The molecule has 1 aliphatic carbocycles. The first kappa shape index (κ1) is 29.7. The Morgan fingerprint density at radius 2 is 1.93 bits per heavy atom. The van der Waals surface area contributed by atoms with Crippen LogP contribution in [0.5, 0.6) is 11.5 Å². The molecule has 43 heavy (non-hydrogen) atoms. The number of allylic oxidation sites excluding steroid dienone is 1. The summed E-state index contributed by atoms with van der Waals surface area (Å²) in [6, 6.07) is 16.6. The number of aromatic nitrogens is 2. The summed E-state index contributed by atoms with van der Waals surface area (Å²) in [6.07, 6.45) is 9.11. The Hall–Kier alpha value is -4.79. The number of carbonyl (C=O) groups is 1. The molecule has 0 aliphatic heterocycles. The Bertz CT molecular complexity index is 1710. The van der Waals surface area contributed by atoms with Crippen molar-refractivity contribution in [3.8, 4) is 11.5 Å². The molecule has 0 unspecified atom stereocenters. The number of anilines is 1. The van der Waals surface area contributed by atoms with Crippen LogP contribution in [0, 0.1) is 5.82 Å². The summed E-state index contributed by atoms with van der Waals surface area (Å²) >= 11 is 0. The Labute approximate surface area is 249 Å². The number of hydrogen-bond acceptors (Lipinski definition) is 6. The van der Waals surface area contributed by atoms with Crippen molar-refractivity contribution >= 4 is 28.7 Å². The van der Waals surface area contributed by atoms with Crippen molar-refractivity contribution < 1.29 is 18.7 Å². The van der Waals surface area contributed by atoms with Crippen LogP contribution in [-0.4, -0.2) is 35.0 Å². The number of hydrogen-bond donors (Lipinski definition) is 1. The van der Waals surface area contributed by atoms with E-state index in [1.54, 1.807) is 30.5 Å². The number of benzene rings is 3. The number of nitrogens with one attached hydrogen (secondary N) is 1. The molecule has 9 heteroatoms. The van der Waals surface area contributed by atoms with Gasteiger partial charge in [-0.25, -0.2) is 9.37 Å². The standard InChI is InChI=1S/C34H35FN4O4/c1-3-11-25-18-23(19-30(42-4-2)32(25)43-22-31(40)37-27-15-10-14-26(35)20-27)21-36-39-33(24-12-6-5-7-13-24)38-29-17-9-8-16-28(29)34(39)41/h3,8-10,14-21,24H,1,4-7,11-13,22H2,2H3,(H,37,40). The van der Waals surface area contributed by atoms with E-state index in [1.165, 1.54) is 29.3 Å². The lowest BCUT2D eigenvalue weighted by Crippen LogP contribution is -2.25. The van der Waals surface area contributed by atoms with Gasteiger partial charge < -0.3 is 14.8 Å². The quantitative estimate of drug-likeness (QED) is 0.159. The molecule has 0 bridgehead atoms. The van der Waals surface area contributed by atoms with Crippen LogP contribution < -0.4 is 20.3 Å². The third-order valence-electron chi connectivity index (χ3n) is 7.35. The molecule has 0 atom stereocenters. The number of rotatable bonds is 11. The van der Waals surface area contributed by atoms with E-state index in [4.69, 9.17) is 14.5 Å². The zero-order valence-corrected chi connectivity index (χ0v) is 24.2. The van der Waals surface area contributed by atoms with Gasteiger partial charge in [0.05, 0.1) is 23.7 Å². The second-order valence-electron chi connectivity index (χ2n) is 10.5. The summed E-state index contributed by atoms with van der Waals surface area (Å²) in [5.41, 5.74) is 2.23. The minimum Gasteiger partial charge on any atom is -0.490 e. The Balaban J connectivity index is 1.46. The van der Waals surface area contributed by atoms with E-state index >= 15 is 0 Å². The van der Waals surface area contributed by atoms with Crippen LogP contribution in [0.15, 0.2) is 83.2 Å². The van der Waals surface area contributed by atoms with Crippen LogP contribution in [-0.2, 0) is 11.2 Å². The number of carbonyl (C=O) groups excluding carboxylic acids is 1. The van der Waals surface area contributed by atoms with E-state index in [2.05, 4.69) is 17.0 Å². The summed E-state index contributed by atoms with van der Waals surface area (Å²) in [4.78, 5) is 31.1. The minimum absolute atomic E-state index is 0.160. The van der Waals surface area contributed by atoms with Gasteiger partial charge in [0.25, 0.3) is 11.5 Å². The van der Waals surface area contributed by atoms with Crippen LogP contribution in [0.1, 0.15) is 61.9 Å². The number of halogens is 1. The molecular weight excluding hydrogens is 547 g/mol. The largest absolute Gasteiger partial charge is 0.490 e. The fourth-order valence-corrected chi connectivity index (χ4v) is 5.39. The van der Waals surface area contributed by atoms with Gasteiger partial charge >= 0.3 is 0 Å². The molecule has 0 spiro atoms. The number of fused-ring (bicyclic) bond motifs is 1. The van der Waals surface area contributed by atoms with Gasteiger partial charge in [-0.15, -0.1) is 6.58 Å². The van der Waals surface area contributed by atoms with Gasteiger partial charge in [0.2, 0.25) is 0 Å². The summed E-state index contributed by atoms with van der Waals surface area (Å²) < 4.78 is 26.8. The molecular formula is C34H35FN4O4. The molecule has 1 amide bonds. The second-order valence-corrected chi connectivity index (χ2v) is 10.5. The number of para-hydroxylation sites is 1. The van der Waals surface area contributed by atoms with Crippen LogP contribution in [0.2, 0.25) is 0 Å². The highest BCUT2D eigenvalue weighted by Crippen LogP contribution is 2.34. The SMILES string of the molecule is C=CCc1cc(C=Nn2c(C3CCCCC3)nc3ccccc3c2=O)cc(OCC)c1OCC(=O)Nc1cccc(F)c1. The Morgan fingerprint density at radius 1 is 1.12 bits per heavy atom. The van der Waals surface area contributed by atoms with Crippen molar-refractivity contribution in [2.45, 2.75) is 51.4 Å². The van der Waals surface area contributed by atoms with Gasteiger partial charge in [-0.2, -0.15) is 9.78 Å². The highest BCUT2D eigenvalue weighted by Gasteiger charge is 2.22. The van der Waals surface area contributed by atoms with E-state index in [9.17, 15) is 14.0 Å². The van der Waals surface area contributed by atoms with Crippen molar-refractivity contribution in [1.29, 1.82) is 0 Å². The van der Waals surface area contributed by atoms with Crippen molar-refractivity contribution in [2.75, 3.05) is 18.5 Å². The molecule has 0 radical (unpaired) electrons. The zero-order valence-electron chi connectivity index (χ0n) is 24.2. The zero-order chi connectivity index (χ0) is 30.2. The average Bonchev–Trinajstić information content (AvgIpc) is 3.01. The fourth-order valence-electron chi connectivity index (χ4n) is 5.39. The van der Waals surface area contributed by atoms with Crippen molar-refractivity contribution in [3.63, 3.8) is 0 Å². The monoisotopic (exact) mass is 582 g/mol. The van der Waals surface area contributed by atoms with E-state index in [0.29, 0.717) is 52.5 Å². The van der Waals surface area contributed by atoms with E-state index in [0.717, 1.165) is 31.2 Å². The third kappa shape index (κ3) is 7.17. The summed E-state index contributed by atoms with van der Waals surface area (Å²) in [7, 11) is 0. The maximum Gasteiger partial charge on any atom is 0.282 e. The molecule has 1 heterocycles. The van der Waals surface area contributed by atoms with Gasteiger partial charge in [0, 0.05) is 17.2 Å². The average molecular weight is 583 g/mol. The van der Waals surface area contributed by atoms with E-state index < -0.39 is 11.7 Å². The topological polar surface area (TPSA) is 94.8 Å². The molecule has 1 aromatic heterocycles. The predicted molar refractivity (Wildman–Crippen MR) is 167 cm³/mol. The van der Waals surface area contributed by atoms with Crippen molar-refractivity contribution in [2.24, 2.45) is 5.10 Å².